The Bertz CT molecular complexity index is 416. The minimum Gasteiger partial charge on any atom is -0.314 e. The summed E-state index contributed by atoms with van der Waals surface area (Å²) in [5.74, 6) is -0.144. The van der Waals surface area contributed by atoms with Crippen LogP contribution in [-0.2, 0) is 0 Å². The average molecular weight is 313 g/mol. The van der Waals surface area contributed by atoms with E-state index in [4.69, 9.17) is 0 Å². The van der Waals surface area contributed by atoms with Gasteiger partial charge in [0.1, 0.15) is 5.82 Å². The van der Waals surface area contributed by atoms with Crippen molar-refractivity contribution in [2.45, 2.75) is 12.5 Å². The summed E-state index contributed by atoms with van der Waals surface area (Å²) < 4.78 is 14.9. The number of nitrogens with zero attached hydrogens (tertiary/aromatic N) is 1. The highest BCUT2D eigenvalue weighted by atomic mass is 79.9. The highest BCUT2D eigenvalue weighted by Crippen LogP contribution is 2.28. The molecule has 18 heavy (non-hydrogen) atoms. The summed E-state index contributed by atoms with van der Waals surface area (Å²) in [6.07, 6.45) is 2.65. The van der Waals surface area contributed by atoms with Crippen molar-refractivity contribution in [1.82, 2.24) is 10.2 Å². The van der Waals surface area contributed by atoms with Gasteiger partial charge in [-0.1, -0.05) is 28.1 Å². The van der Waals surface area contributed by atoms with Gasteiger partial charge in [-0.3, -0.25) is 4.90 Å². The first-order valence-electron chi connectivity index (χ1n) is 6.23. The molecule has 1 aliphatic heterocycles. The minimum atomic E-state index is -0.144. The number of benzene rings is 1. The topological polar surface area (TPSA) is 15.3 Å². The van der Waals surface area contributed by atoms with Crippen LogP contribution in [0, 0.1) is 5.82 Å². The molecule has 2 nitrogen and oxygen atoms in total. The zero-order valence-electron chi connectivity index (χ0n) is 10.3. The molecule has 1 aromatic carbocycles. The molecule has 1 aromatic rings. The molecular weight excluding hydrogens is 295 g/mol. The van der Waals surface area contributed by atoms with Crippen LogP contribution < -0.4 is 5.32 Å². The standard InChI is InChI=1S/C14H18BrFN2/c1-2-3-14(18-8-6-17-7-9-18)12-5-4-11(15)10-13(12)16/h2,4-5,10,14,17H,1,3,6-9H2/t14-/m0/s1. The van der Waals surface area contributed by atoms with Crippen molar-refractivity contribution in [3.8, 4) is 0 Å². The molecule has 0 amide bonds. The van der Waals surface area contributed by atoms with Gasteiger partial charge in [0, 0.05) is 42.3 Å². The normalized spacial score (nSPS) is 18.6. The summed E-state index contributed by atoms with van der Waals surface area (Å²) >= 11 is 3.30. The van der Waals surface area contributed by atoms with Gasteiger partial charge in [0.05, 0.1) is 0 Å². The van der Waals surface area contributed by atoms with E-state index >= 15 is 0 Å². The number of halogens is 2. The number of hydrogen-bond acceptors (Lipinski definition) is 2. The van der Waals surface area contributed by atoms with Gasteiger partial charge in [-0.25, -0.2) is 4.39 Å². The molecule has 0 aliphatic carbocycles. The lowest BCUT2D eigenvalue weighted by Gasteiger charge is -2.35. The Morgan fingerprint density at radius 1 is 1.44 bits per heavy atom. The van der Waals surface area contributed by atoms with Crippen LogP contribution in [-0.4, -0.2) is 31.1 Å². The predicted molar refractivity (Wildman–Crippen MR) is 76.1 cm³/mol. The maximum atomic E-state index is 14.1. The Balaban J connectivity index is 2.24. The van der Waals surface area contributed by atoms with E-state index in [1.807, 2.05) is 18.2 Å². The highest BCUT2D eigenvalue weighted by molar-refractivity contribution is 9.10. The van der Waals surface area contributed by atoms with Crippen LogP contribution >= 0.6 is 15.9 Å². The first kappa shape index (κ1) is 13.7. The fraction of sp³-hybridized carbons (Fsp3) is 0.429. The molecule has 2 rings (SSSR count). The number of rotatable bonds is 4. The van der Waals surface area contributed by atoms with Gasteiger partial charge in [0.2, 0.25) is 0 Å². The Hall–Kier alpha value is -0.710. The fourth-order valence-electron chi connectivity index (χ4n) is 2.40. The molecule has 4 heteroatoms. The molecule has 1 heterocycles. The molecule has 0 aromatic heterocycles. The summed E-state index contributed by atoms with van der Waals surface area (Å²) in [6, 6.07) is 5.40. The molecule has 0 spiro atoms. The van der Waals surface area contributed by atoms with Crippen LogP contribution in [0.2, 0.25) is 0 Å². The van der Waals surface area contributed by atoms with E-state index in [1.165, 1.54) is 6.07 Å². The summed E-state index contributed by atoms with van der Waals surface area (Å²) in [5.41, 5.74) is 0.764. The third-order valence-electron chi connectivity index (χ3n) is 3.30. The van der Waals surface area contributed by atoms with Gasteiger partial charge >= 0.3 is 0 Å². The maximum absolute atomic E-state index is 14.1. The summed E-state index contributed by atoms with van der Waals surface area (Å²) in [6.45, 7) is 7.63. The van der Waals surface area contributed by atoms with E-state index in [-0.39, 0.29) is 11.9 Å². The van der Waals surface area contributed by atoms with E-state index < -0.39 is 0 Å². The molecule has 0 bridgehead atoms. The van der Waals surface area contributed by atoms with Crippen LogP contribution in [0.25, 0.3) is 0 Å². The zero-order chi connectivity index (χ0) is 13.0. The maximum Gasteiger partial charge on any atom is 0.129 e. The second-order valence-corrected chi connectivity index (χ2v) is 5.41. The summed E-state index contributed by atoms with van der Waals surface area (Å²) in [4.78, 5) is 2.32. The van der Waals surface area contributed by atoms with Gasteiger partial charge in [-0.05, 0) is 18.6 Å². The molecule has 1 saturated heterocycles. The van der Waals surface area contributed by atoms with E-state index in [0.29, 0.717) is 0 Å². The first-order valence-corrected chi connectivity index (χ1v) is 7.02. The lowest BCUT2D eigenvalue weighted by Crippen LogP contribution is -2.45. The smallest absolute Gasteiger partial charge is 0.129 e. The van der Waals surface area contributed by atoms with E-state index in [0.717, 1.165) is 42.6 Å². The highest BCUT2D eigenvalue weighted by Gasteiger charge is 2.23. The summed E-state index contributed by atoms with van der Waals surface area (Å²) in [7, 11) is 0. The Labute approximate surface area is 116 Å². The van der Waals surface area contributed by atoms with Gasteiger partial charge in [0.15, 0.2) is 0 Å². The average Bonchev–Trinajstić information content (AvgIpc) is 2.38. The van der Waals surface area contributed by atoms with Crippen LogP contribution in [0.5, 0.6) is 0 Å². The van der Waals surface area contributed by atoms with Gasteiger partial charge < -0.3 is 5.32 Å². The van der Waals surface area contributed by atoms with Crippen molar-refractivity contribution in [1.29, 1.82) is 0 Å². The van der Waals surface area contributed by atoms with E-state index in [2.05, 4.69) is 32.7 Å². The third-order valence-corrected chi connectivity index (χ3v) is 3.80. The largest absolute Gasteiger partial charge is 0.314 e. The lowest BCUT2D eigenvalue weighted by atomic mass is 10.0. The SMILES string of the molecule is C=CC[C@@H](c1ccc(Br)cc1F)N1CCNCC1. The Morgan fingerprint density at radius 3 is 2.78 bits per heavy atom. The van der Waals surface area contributed by atoms with Crippen LogP contribution in [0.15, 0.2) is 35.3 Å². The van der Waals surface area contributed by atoms with Crippen molar-refractivity contribution < 1.29 is 4.39 Å². The molecule has 1 atom stereocenters. The van der Waals surface area contributed by atoms with Crippen molar-refractivity contribution in [3.05, 3.63) is 46.7 Å². The van der Waals surface area contributed by atoms with E-state index in [1.54, 1.807) is 0 Å². The molecule has 1 aliphatic rings. The van der Waals surface area contributed by atoms with Crippen molar-refractivity contribution in [3.63, 3.8) is 0 Å². The number of nitrogens with one attached hydrogen (secondary N) is 1. The third kappa shape index (κ3) is 3.19. The zero-order valence-corrected chi connectivity index (χ0v) is 11.9. The Morgan fingerprint density at radius 2 is 2.17 bits per heavy atom. The van der Waals surface area contributed by atoms with Crippen molar-refractivity contribution in [2.75, 3.05) is 26.2 Å². The number of hydrogen-bond donors (Lipinski definition) is 1. The lowest BCUT2D eigenvalue weighted by molar-refractivity contribution is 0.171. The molecule has 0 unspecified atom stereocenters. The number of piperazine rings is 1. The van der Waals surface area contributed by atoms with E-state index in [9.17, 15) is 4.39 Å². The first-order chi connectivity index (χ1) is 8.72. The van der Waals surface area contributed by atoms with Crippen molar-refractivity contribution >= 4 is 15.9 Å². The quantitative estimate of drug-likeness (QED) is 0.859. The van der Waals surface area contributed by atoms with Gasteiger partial charge in [-0.15, -0.1) is 6.58 Å². The second-order valence-electron chi connectivity index (χ2n) is 4.49. The molecule has 1 N–H and O–H groups in total. The van der Waals surface area contributed by atoms with Crippen LogP contribution in [0.4, 0.5) is 4.39 Å². The molecule has 1 fully saturated rings. The summed E-state index contributed by atoms with van der Waals surface area (Å²) in [5, 5.41) is 3.32. The monoisotopic (exact) mass is 312 g/mol. The predicted octanol–water partition coefficient (Wildman–Crippen LogP) is 3.11. The van der Waals surface area contributed by atoms with Gasteiger partial charge in [-0.2, -0.15) is 0 Å². The second kappa shape index (κ2) is 6.45. The van der Waals surface area contributed by atoms with Crippen molar-refractivity contribution in [2.24, 2.45) is 0 Å². The van der Waals surface area contributed by atoms with Crippen LogP contribution in [0.3, 0.4) is 0 Å². The minimum absolute atomic E-state index is 0.0951. The fourth-order valence-corrected chi connectivity index (χ4v) is 2.73. The molecular formula is C14H18BrFN2. The molecule has 0 radical (unpaired) electrons. The van der Waals surface area contributed by atoms with Gasteiger partial charge in [0.25, 0.3) is 0 Å². The Kier molecular flexibility index (Phi) is 4.92. The molecule has 0 saturated carbocycles. The van der Waals surface area contributed by atoms with Crippen LogP contribution in [0.1, 0.15) is 18.0 Å². The molecule has 98 valence electrons.